The molecule has 0 unspecified atom stereocenters. The second kappa shape index (κ2) is 11.2. The van der Waals surface area contributed by atoms with Gasteiger partial charge in [-0.2, -0.15) is 4.72 Å². The first-order chi connectivity index (χ1) is 15.4. The van der Waals surface area contributed by atoms with Crippen LogP contribution in [0.15, 0.2) is 41.3 Å². The lowest BCUT2D eigenvalue weighted by atomic mass is 10.1. The normalized spacial score (nSPS) is 11.3. The van der Waals surface area contributed by atoms with E-state index in [0.717, 1.165) is 5.56 Å². The molecule has 2 rings (SSSR count). The summed E-state index contributed by atoms with van der Waals surface area (Å²) in [6.45, 7) is 8.01. The number of benzene rings is 2. The minimum absolute atomic E-state index is 0.114. The van der Waals surface area contributed by atoms with Gasteiger partial charge in [0.15, 0.2) is 12.4 Å². The van der Waals surface area contributed by atoms with Gasteiger partial charge in [0, 0.05) is 17.7 Å². The molecule has 2 aromatic rings. The zero-order chi connectivity index (χ0) is 24.8. The Balaban J connectivity index is 1.88. The molecule has 0 atom stereocenters. The van der Waals surface area contributed by atoms with Crippen molar-refractivity contribution in [2.24, 2.45) is 5.92 Å². The van der Waals surface area contributed by atoms with Gasteiger partial charge in [0.25, 0.3) is 0 Å². The van der Waals surface area contributed by atoms with Crippen LogP contribution in [0.25, 0.3) is 0 Å². The van der Waals surface area contributed by atoms with Crippen LogP contribution in [0.4, 0.5) is 5.69 Å². The summed E-state index contributed by atoms with van der Waals surface area (Å²) in [5, 5.41) is 2.74. The van der Waals surface area contributed by atoms with Gasteiger partial charge in [-0.05, 0) is 62.1 Å². The quantitative estimate of drug-likeness (QED) is 0.403. The van der Waals surface area contributed by atoms with E-state index in [1.54, 1.807) is 38.1 Å². The third-order valence-corrected chi connectivity index (χ3v) is 6.43. The molecule has 178 valence electrons. The molecule has 0 spiro atoms. The second-order valence-electron chi connectivity index (χ2n) is 8.36. The summed E-state index contributed by atoms with van der Waals surface area (Å²) in [5.41, 5.74) is 2.95. The zero-order valence-corrected chi connectivity index (χ0v) is 20.3. The first-order valence-electron chi connectivity index (χ1n) is 10.5. The number of amides is 1. The van der Waals surface area contributed by atoms with Crippen LogP contribution in [0.2, 0.25) is 0 Å². The number of hydrogen-bond donors (Lipinski definition) is 2. The van der Waals surface area contributed by atoms with E-state index in [-0.39, 0.29) is 16.7 Å². The van der Waals surface area contributed by atoms with Gasteiger partial charge in [-0.25, -0.2) is 8.42 Å². The van der Waals surface area contributed by atoms with E-state index in [1.165, 1.54) is 12.1 Å². The van der Waals surface area contributed by atoms with Crippen molar-refractivity contribution in [2.75, 3.05) is 18.5 Å². The number of carbonyl (C=O) groups is 3. The number of nitrogens with one attached hydrogen (secondary N) is 2. The number of anilines is 1. The molecule has 8 nitrogen and oxygen atoms in total. The van der Waals surface area contributed by atoms with E-state index < -0.39 is 34.9 Å². The first-order valence-corrected chi connectivity index (χ1v) is 12.0. The highest BCUT2D eigenvalue weighted by molar-refractivity contribution is 7.89. The fourth-order valence-corrected chi connectivity index (χ4v) is 4.84. The minimum atomic E-state index is -3.92. The van der Waals surface area contributed by atoms with E-state index in [1.807, 2.05) is 20.8 Å². The highest BCUT2D eigenvalue weighted by Gasteiger charge is 2.21. The number of ether oxygens (including phenoxy) is 1. The fourth-order valence-electron chi connectivity index (χ4n) is 3.42. The Hall–Kier alpha value is -3.04. The number of aryl methyl sites for hydroxylation is 3. The monoisotopic (exact) mass is 474 g/mol. The van der Waals surface area contributed by atoms with Crippen LogP contribution in [0.5, 0.6) is 0 Å². The van der Waals surface area contributed by atoms with E-state index in [9.17, 15) is 22.8 Å². The SMILES string of the molecule is Cc1cc(C)c(S(=O)(=O)NCC(=O)OCC(=O)c2ccc(NC(=O)CC(C)C)cc2)c(C)c1. The van der Waals surface area contributed by atoms with Crippen molar-refractivity contribution < 1.29 is 27.5 Å². The lowest BCUT2D eigenvalue weighted by molar-refractivity contribution is -0.141. The van der Waals surface area contributed by atoms with Gasteiger partial charge in [0.1, 0.15) is 6.54 Å². The summed E-state index contributed by atoms with van der Waals surface area (Å²) in [5.74, 6) is -1.20. The smallest absolute Gasteiger partial charge is 0.321 e. The Labute approximate surface area is 194 Å². The molecule has 33 heavy (non-hydrogen) atoms. The number of sulfonamides is 1. The average Bonchev–Trinajstić information content (AvgIpc) is 2.69. The molecular weight excluding hydrogens is 444 g/mol. The second-order valence-corrected chi connectivity index (χ2v) is 10.1. The van der Waals surface area contributed by atoms with Gasteiger partial charge in [-0.1, -0.05) is 31.5 Å². The molecule has 0 bridgehead atoms. The standard InChI is InChI=1S/C24H30N2O6S/c1-15(2)10-22(28)26-20-8-6-19(7-9-20)21(27)14-32-23(29)13-25-33(30,31)24-17(4)11-16(3)12-18(24)5/h6-9,11-12,15,25H,10,13-14H2,1-5H3,(H,26,28). The summed E-state index contributed by atoms with van der Waals surface area (Å²) in [6, 6.07) is 9.72. The van der Waals surface area contributed by atoms with Crippen LogP contribution < -0.4 is 10.0 Å². The molecule has 0 heterocycles. The number of Topliss-reactive ketones (excluding diaryl/α,β-unsaturated/α-hetero) is 1. The van der Waals surface area contributed by atoms with Crippen LogP contribution in [-0.2, 0) is 24.3 Å². The molecule has 0 fully saturated rings. The summed E-state index contributed by atoms with van der Waals surface area (Å²) in [6.07, 6.45) is 0.392. The van der Waals surface area contributed by atoms with Crippen molar-refractivity contribution in [3.8, 4) is 0 Å². The Morgan fingerprint density at radius 2 is 1.55 bits per heavy atom. The molecule has 0 aliphatic rings. The summed E-state index contributed by atoms with van der Waals surface area (Å²) in [4.78, 5) is 36.2. The molecule has 9 heteroatoms. The lowest BCUT2D eigenvalue weighted by Gasteiger charge is -2.13. The Morgan fingerprint density at radius 3 is 2.09 bits per heavy atom. The summed E-state index contributed by atoms with van der Waals surface area (Å²) in [7, 11) is -3.92. The molecule has 0 saturated carbocycles. The first kappa shape index (κ1) is 26.2. The summed E-state index contributed by atoms with van der Waals surface area (Å²) < 4.78 is 32.3. The van der Waals surface area contributed by atoms with E-state index in [2.05, 4.69) is 10.0 Å². The molecule has 2 aromatic carbocycles. The molecular formula is C24H30N2O6S. The van der Waals surface area contributed by atoms with Crippen LogP contribution in [0.3, 0.4) is 0 Å². The maximum atomic E-state index is 12.6. The van der Waals surface area contributed by atoms with Gasteiger partial charge in [0.05, 0.1) is 4.90 Å². The van der Waals surface area contributed by atoms with Crippen molar-refractivity contribution in [3.63, 3.8) is 0 Å². The molecule has 0 radical (unpaired) electrons. The molecule has 0 aliphatic heterocycles. The Morgan fingerprint density at radius 1 is 0.970 bits per heavy atom. The van der Waals surface area contributed by atoms with Crippen molar-refractivity contribution in [3.05, 3.63) is 58.7 Å². The van der Waals surface area contributed by atoms with Gasteiger partial charge < -0.3 is 10.1 Å². The van der Waals surface area contributed by atoms with E-state index in [0.29, 0.717) is 28.8 Å². The molecule has 0 aromatic heterocycles. The fraction of sp³-hybridized carbons (Fsp3) is 0.375. The predicted molar refractivity (Wildman–Crippen MR) is 126 cm³/mol. The summed E-state index contributed by atoms with van der Waals surface area (Å²) >= 11 is 0. The number of carbonyl (C=O) groups excluding carboxylic acids is 3. The Bertz CT molecular complexity index is 1120. The number of hydrogen-bond acceptors (Lipinski definition) is 6. The van der Waals surface area contributed by atoms with Crippen molar-refractivity contribution in [2.45, 2.75) is 45.9 Å². The molecule has 0 saturated heterocycles. The average molecular weight is 475 g/mol. The van der Waals surface area contributed by atoms with Gasteiger partial charge in [0.2, 0.25) is 15.9 Å². The van der Waals surface area contributed by atoms with Crippen LogP contribution in [-0.4, -0.2) is 39.2 Å². The van der Waals surface area contributed by atoms with E-state index >= 15 is 0 Å². The van der Waals surface area contributed by atoms with E-state index in [4.69, 9.17) is 4.74 Å². The Kier molecular flexibility index (Phi) is 8.90. The molecule has 0 aliphatic carbocycles. The van der Waals surface area contributed by atoms with Crippen molar-refractivity contribution in [1.29, 1.82) is 0 Å². The van der Waals surface area contributed by atoms with Gasteiger partial charge in [-0.15, -0.1) is 0 Å². The highest BCUT2D eigenvalue weighted by atomic mass is 32.2. The van der Waals surface area contributed by atoms with Crippen LogP contribution in [0, 0.1) is 26.7 Å². The third kappa shape index (κ3) is 7.80. The van der Waals surface area contributed by atoms with Crippen molar-refractivity contribution >= 4 is 33.4 Å². The topological polar surface area (TPSA) is 119 Å². The highest BCUT2D eigenvalue weighted by Crippen LogP contribution is 2.21. The number of rotatable bonds is 10. The lowest BCUT2D eigenvalue weighted by Crippen LogP contribution is -2.32. The number of esters is 1. The van der Waals surface area contributed by atoms with Gasteiger partial charge in [-0.3, -0.25) is 14.4 Å². The minimum Gasteiger partial charge on any atom is -0.456 e. The third-order valence-electron chi connectivity index (χ3n) is 4.73. The largest absolute Gasteiger partial charge is 0.456 e. The van der Waals surface area contributed by atoms with Crippen LogP contribution in [0.1, 0.15) is 47.3 Å². The molecule has 2 N–H and O–H groups in total. The van der Waals surface area contributed by atoms with Crippen molar-refractivity contribution in [1.82, 2.24) is 4.72 Å². The maximum Gasteiger partial charge on any atom is 0.321 e. The van der Waals surface area contributed by atoms with Crippen LogP contribution >= 0.6 is 0 Å². The predicted octanol–water partition coefficient (Wildman–Crippen LogP) is 3.30. The maximum absolute atomic E-state index is 12.6. The van der Waals surface area contributed by atoms with Gasteiger partial charge >= 0.3 is 5.97 Å². The zero-order valence-electron chi connectivity index (χ0n) is 19.5. The molecule has 1 amide bonds. The number of ketones is 1.